The minimum absolute atomic E-state index is 0.214. The van der Waals surface area contributed by atoms with Gasteiger partial charge in [0.15, 0.2) is 0 Å². The Morgan fingerprint density at radius 1 is 1.12 bits per heavy atom. The van der Waals surface area contributed by atoms with Crippen molar-refractivity contribution in [3.63, 3.8) is 0 Å². The van der Waals surface area contributed by atoms with Gasteiger partial charge >= 0.3 is 0 Å². The van der Waals surface area contributed by atoms with E-state index in [4.69, 9.17) is 11.2 Å². The van der Waals surface area contributed by atoms with Crippen molar-refractivity contribution in [2.45, 2.75) is 6.10 Å². The fourth-order valence-electron chi connectivity index (χ4n) is 1.59. The highest BCUT2D eigenvalue weighted by molar-refractivity contribution is 5.26. The van der Waals surface area contributed by atoms with E-state index in [1.54, 1.807) is 12.4 Å². The van der Waals surface area contributed by atoms with E-state index in [0.29, 0.717) is 0 Å². The average molecular weight is 224 g/mol. The highest BCUT2D eigenvalue weighted by Crippen LogP contribution is 2.24. The topological polar surface area (TPSA) is 35.0 Å². The summed E-state index contributed by atoms with van der Waals surface area (Å²) in [7, 11) is 0. The van der Waals surface area contributed by atoms with Gasteiger partial charge in [-0.2, -0.15) is 0 Å². The van der Waals surface area contributed by atoms with E-state index in [1.165, 1.54) is 6.33 Å². The molecule has 0 N–H and O–H groups in total. The molecular formula is C14H12N2O. The number of terminal acetylenes is 1. The summed E-state index contributed by atoms with van der Waals surface area (Å²) >= 11 is 0. The largest absolute Gasteiger partial charge is 0.356 e. The maximum atomic E-state index is 5.65. The van der Waals surface area contributed by atoms with Crippen molar-refractivity contribution in [2.75, 3.05) is 6.61 Å². The lowest BCUT2D eigenvalue weighted by Gasteiger charge is -2.16. The van der Waals surface area contributed by atoms with Crippen molar-refractivity contribution in [1.29, 1.82) is 0 Å². The van der Waals surface area contributed by atoms with E-state index in [2.05, 4.69) is 15.9 Å². The number of hydrogen-bond acceptors (Lipinski definition) is 3. The lowest BCUT2D eigenvalue weighted by atomic mass is 10.0. The predicted molar refractivity (Wildman–Crippen MR) is 65.1 cm³/mol. The minimum atomic E-state index is -0.214. The van der Waals surface area contributed by atoms with Gasteiger partial charge in [-0.1, -0.05) is 36.3 Å². The molecule has 1 heterocycles. The van der Waals surface area contributed by atoms with E-state index in [9.17, 15) is 0 Å². The number of rotatable bonds is 4. The maximum Gasteiger partial charge on any atom is 0.115 e. The second-order valence-corrected chi connectivity index (χ2v) is 3.48. The first kappa shape index (κ1) is 11.3. The number of nitrogens with zero attached hydrogens (tertiary/aromatic N) is 2. The molecule has 1 atom stereocenters. The van der Waals surface area contributed by atoms with Gasteiger partial charge in [0.25, 0.3) is 0 Å². The first-order chi connectivity index (χ1) is 8.42. The van der Waals surface area contributed by atoms with Crippen LogP contribution in [0.25, 0.3) is 0 Å². The van der Waals surface area contributed by atoms with Crippen LogP contribution in [0.15, 0.2) is 49.1 Å². The summed E-state index contributed by atoms with van der Waals surface area (Å²) in [6.45, 7) is 0.258. The van der Waals surface area contributed by atoms with Gasteiger partial charge in [0.1, 0.15) is 19.0 Å². The molecule has 2 rings (SSSR count). The van der Waals surface area contributed by atoms with Crippen LogP contribution in [0, 0.1) is 12.3 Å². The number of ether oxygens (including phenoxy) is 1. The van der Waals surface area contributed by atoms with Crippen LogP contribution < -0.4 is 0 Å². The second kappa shape index (κ2) is 5.78. The molecule has 0 saturated carbocycles. The summed E-state index contributed by atoms with van der Waals surface area (Å²) in [6, 6.07) is 9.88. The minimum Gasteiger partial charge on any atom is -0.356 e. The smallest absolute Gasteiger partial charge is 0.115 e. The number of hydrogen-bond donors (Lipinski definition) is 0. The second-order valence-electron chi connectivity index (χ2n) is 3.48. The zero-order valence-corrected chi connectivity index (χ0v) is 9.28. The Morgan fingerprint density at radius 2 is 1.82 bits per heavy atom. The van der Waals surface area contributed by atoms with E-state index < -0.39 is 0 Å². The molecule has 0 radical (unpaired) electrons. The molecule has 0 amide bonds. The van der Waals surface area contributed by atoms with E-state index in [1.807, 2.05) is 30.3 Å². The summed E-state index contributed by atoms with van der Waals surface area (Å²) < 4.78 is 5.65. The molecule has 17 heavy (non-hydrogen) atoms. The zero-order valence-electron chi connectivity index (χ0n) is 9.28. The van der Waals surface area contributed by atoms with Gasteiger partial charge in [0.2, 0.25) is 0 Å². The molecule has 3 heteroatoms. The van der Waals surface area contributed by atoms with Crippen LogP contribution in [0.1, 0.15) is 17.2 Å². The van der Waals surface area contributed by atoms with Gasteiger partial charge in [-0.15, -0.1) is 6.42 Å². The third kappa shape index (κ3) is 2.90. The molecule has 0 bridgehead atoms. The normalized spacial score (nSPS) is 11.7. The fraction of sp³-hybridized carbons (Fsp3) is 0.143. The molecular weight excluding hydrogens is 212 g/mol. The molecule has 84 valence electrons. The number of benzene rings is 1. The standard InChI is InChI=1S/C14H12N2O/c1-2-8-17-14(12-6-4-3-5-7-12)13-9-15-11-16-10-13/h1,3-7,9-11,14H,8H2. The molecule has 0 aliphatic rings. The van der Waals surface area contributed by atoms with E-state index in [-0.39, 0.29) is 12.7 Å². The van der Waals surface area contributed by atoms with Gasteiger partial charge in [-0.25, -0.2) is 9.97 Å². The Labute approximate surface area is 101 Å². The molecule has 0 aliphatic heterocycles. The average Bonchev–Trinajstić information content (AvgIpc) is 2.42. The molecule has 0 aliphatic carbocycles. The van der Waals surface area contributed by atoms with E-state index in [0.717, 1.165) is 11.1 Å². The maximum absolute atomic E-state index is 5.65. The lowest BCUT2D eigenvalue weighted by Crippen LogP contribution is -2.07. The van der Waals surface area contributed by atoms with Crippen molar-refractivity contribution in [3.8, 4) is 12.3 Å². The highest BCUT2D eigenvalue weighted by atomic mass is 16.5. The lowest BCUT2D eigenvalue weighted by molar-refractivity contribution is 0.108. The van der Waals surface area contributed by atoms with Gasteiger partial charge in [-0.3, -0.25) is 0 Å². The Morgan fingerprint density at radius 3 is 2.47 bits per heavy atom. The summed E-state index contributed by atoms with van der Waals surface area (Å²) in [5, 5.41) is 0. The van der Waals surface area contributed by atoms with Crippen molar-refractivity contribution in [1.82, 2.24) is 9.97 Å². The quantitative estimate of drug-likeness (QED) is 0.747. The SMILES string of the molecule is C#CCOC(c1ccccc1)c1cncnc1. The van der Waals surface area contributed by atoms with Gasteiger partial charge in [0.05, 0.1) is 0 Å². The molecule has 1 aromatic heterocycles. The summed E-state index contributed by atoms with van der Waals surface area (Å²) in [5.74, 6) is 2.47. The molecule has 1 aromatic carbocycles. The Hall–Kier alpha value is -2.18. The summed E-state index contributed by atoms with van der Waals surface area (Å²) in [4.78, 5) is 7.99. The molecule has 3 nitrogen and oxygen atoms in total. The summed E-state index contributed by atoms with van der Waals surface area (Å²) in [5.41, 5.74) is 1.94. The number of aromatic nitrogens is 2. The van der Waals surface area contributed by atoms with Crippen molar-refractivity contribution in [2.24, 2.45) is 0 Å². The van der Waals surface area contributed by atoms with E-state index >= 15 is 0 Å². The molecule has 0 spiro atoms. The molecule has 2 aromatic rings. The fourth-order valence-corrected chi connectivity index (χ4v) is 1.59. The molecule has 1 unspecified atom stereocenters. The van der Waals surface area contributed by atoms with Crippen LogP contribution in [0.3, 0.4) is 0 Å². The van der Waals surface area contributed by atoms with Gasteiger partial charge < -0.3 is 4.74 Å². The Bertz CT molecular complexity index is 451. The summed E-state index contributed by atoms with van der Waals surface area (Å²) in [6.07, 6.45) is 9.98. The third-order valence-electron chi connectivity index (χ3n) is 2.32. The first-order valence-corrected chi connectivity index (χ1v) is 5.26. The van der Waals surface area contributed by atoms with Gasteiger partial charge in [-0.05, 0) is 5.56 Å². The van der Waals surface area contributed by atoms with Crippen LogP contribution in [-0.4, -0.2) is 16.6 Å². The van der Waals surface area contributed by atoms with Crippen LogP contribution in [-0.2, 0) is 4.74 Å². The van der Waals surface area contributed by atoms with Crippen molar-refractivity contribution < 1.29 is 4.74 Å². The predicted octanol–water partition coefficient (Wildman–Crippen LogP) is 2.22. The monoisotopic (exact) mass is 224 g/mol. The van der Waals surface area contributed by atoms with Crippen molar-refractivity contribution >= 4 is 0 Å². The zero-order chi connectivity index (χ0) is 11.9. The highest BCUT2D eigenvalue weighted by Gasteiger charge is 2.14. The Balaban J connectivity index is 2.30. The van der Waals surface area contributed by atoms with Crippen LogP contribution >= 0.6 is 0 Å². The van der Waals surface area contributed by atoms with Crippen LogP contribution in [0.2, 0.25) is 0 Å². The van der Waals surface area contributed by atoms with Crippen molar-refractivity contribution in [3.05, 3.63) is 60.2 Å². The van der Waals surface area contributed by atoms with Crippen LogP contribution in [0.4, 0.5) is 0 Å². The van der Waals surface area contributed by atoms with Gasteiger partial charge in [0, 0.05) is 18.0 Å². The first-order valence-electron chi connectivity index (χ1n) is 5.26. The molecule has 0 saturated heterocycles. The Kier molecular flexibility index (Phi) is 3.85. The third-order valence-corrected chi connectivity index (χ3v) is 2.32. The molecule has 0 fully saturated rings. The van der Waals surface area contributed by atoms with Crippen LogP contribution in [0.5, 0.6) is 0 Å².